The number of morpholine rings is 1. The Morgan fingerprint density at radius 1 is 1.32 bits per heavy atom. The number of aliphatic hydroxyl groups is 1. The standard InChI is InChI=1S/C14H17NO4/c1-18-14(17)13(16)10-11-2-4-12(5-3-11)15-6-8-19-9-7-15/h2-5,10,16H,6-9H2,1H3/b13-10-. The third-order valence-electron chi connectivity index (χ3n) is 2.97. The van der Waals surface area contributed by atoms with Crippen LogP contribution in [0.15, 0.2) is 30.0 Å². The van der Waals surface area contributed by atoms with Crippen molar-refractivity contribution < 1.29 is 19.4 Å². The second kappa shape index (κ2) is 6.24. The molecule has 1 saturated heterocycles. The smallest absolute Gasteiger partial charge is 0.373 e. The normalized spacial score (nSPS) is 16.3. The fraction of sp³-hybridized carbons (Fsp3) is 0.357. The van der Waals surface area contributed by atoms with Crippen LogP contribution in [0.4, 0.5) is 5.69 Å². The molecule has 1 N–H and O–H groups in total. The molecular weight excluding hydrogens is 246 g/mol. The minimum absolute atomic E-state index is 0.401. The van der Waals surface area contributed by atoms with Crippen LogP contribution in [0.1, 0.15) is 5.56 Å². The molecule has 1 aliphatic rings. The zero-order valence-electron chi connectivity index (χ0n) is 10.8. The van der Waals surface area contributed by atoms with Gasteiger partial charge in [-0.15, -0.1) is 0 Å². The van der Waals surface area contributed by atoms with E-state index in [2.05, 4.69) is 9.64 Å². The number of benzene rings is 1. The van der Waals surface area contributed by atoms with Crippen molar-refractivity contribution in [2.24, 2.45) is 0 Å². The number of aliphatic hydroxyl groups excluding tert-OH is 1. The largest absolute Gasteiger partial charge is 0.502 e. The molecule has 1 aromatic carbocycles. The molecule has 1 aromatic rings. The third-order valence-corrected chi connectivity index (χ3v) is 2.97. The van der Waals surface area contributed by atoms with E-state index in [1.165, 1.54) is 13.2 Å². The number of ether oxygens (including phenoxy) is 2. The Hall–Kier alpha value is -2.01. The fourth-order valence-corrected chi connectivity index (χ4v) is 1.92. The number of nitrogens with zero attached hydrogens (tertiary/aromatic N) is 1. The van der Waals surface area contributed by atoms with E-state index in [-0.39, 0.29) is 0 Å². The number of anilines is 1. The lowest BCUT2D eigenvalue weighted by Gasteiger charge is -2.28. The summed E-state index contributed by atoms with van der Waals surface area (Å²) in [6, 6.07) is 7.62. The lowest BCUT2D eigenvalue weighted by molar-refractivity contribution is -0.138. The Morgan fingerprint density at radius 2 is 1.95 bits per heavy atom. The van der Waals surface area contributed by atoms with Gasteiger partial charge in [0.2, 0.25) is 5.76 Å². The maximum atomic E-state index is 11.1. The van der Waals surface area contributed by atoms with Crippen molar-refractivity contribution in [2.45, 2.75) is 0 Å². The predicted octanol–water partition coefficient (Wildman–Crippen LogP) is 1.60. The number of hydrogen-bond acceptors (Lipinski definition) is 5. The van der Waals surface area contributed by atoms with Crippen LogP contribution in [0.25, 0.3) is 6.08 Å². The molecule has 5 heteroatoms. The van der Waals surface area contributed by atoms with E-state index < -0.39 is 11.7 Å². The Morgan fingerprint density at radius 3 is 2.53 bits per heavy atom. The number of carbonyl (C=O) groups excluding carboxylic acids is 1. The van der Waals surface area contributed by atoms with Crippen LogP contribution < -0.4 is 4.90 Å². The van der Waals surface area contributed by atoms with Gasteiger partial charge in [0.05, 0.1) is 20.3 Å². The third kappa shape index (κ3) is 3.48. The lowest BCUT2D eigenvalue weighted by atomic mass is 10.1. The van der Waals surface area contributed by atoms with Gasteiger partial charge in [0.15, 0.2) is 0 Å². The van der Waals surface area contributed by atoms with Crippen molar-refractivity contribution in [3.63, 3.8) is 0 Å². The molecule has 0 bridgehead atoms. The van der Waals surface area contributed by atoms with Crippen LogP contribution in [-0.4, -0.2) is 44.5 Å². The van der Waals surface area contributed by atoms with E-state index in [4.69, 9.17) is 4.74 Å². The number of hydrogen-bond donors (Lipinski definition) is 1. The summed E-state index contributed by atoms with van der Waals surface area (Å²) in [5.74, 6) is -1.14. The Balaban J connectivity index is 2.07. The van der Waals surface area contributed by atoms with Gasteiger partial charge in [0.25, 0.3) is 0 Å². The van der Waals surface area contributed by atoms with Crippen molar-refractivity contribution in [3.8, 4) is 0 Å². The molecule has 1 fully saturated rings. The summed E-state index contributed by atoms with van der Waals surface area (Å²) in [4.78, 5) is 13.3. The molecule has 5 nitrogen and oxygen atoms in total. The van der Waals surface area contributed by atoms with Gasteiger partial charge in [-0.3, -0.25) is 0 Å². The molecular formula is C14H17NO4. The number of esters is 1. The first-order chi connectivity index (χ1) is 9.20. The maximum absolute atomic E-state index is 11.1. The minimum Gasteiger partial charge on any atom is -0.502 e. The quantitative estimate of drug-likeness (QED) is 0.510. The maximum Gasteiger partial charge on any atom is 0.373 e. The van der Waals surface area contributed by atoms with E-state index in [1.54, 1.807) is 0 Å². The van der Waals surface area contributed by atoms with Gasteiger partial charge < -0.3 is 19.5 Å². The van der Waals surface area contributed by atoms with Crippen molar-refractivity contribution in [2.75, 3.05) is 38.3 Å². The SMILES string of the molecule is COC(=O)/C(O)=C/c1ccc(N2CCOCC2)cc1. The average Bonchev–Trinajstić information content (AvgIpc) is 2.48. The molecule has 19 heavy (non-hydrogen) atoms. The first kappa shape index (κ1) is 13.4. The van der Waals surface area contributed by atoms with Crippen molar-refractivity contribution >= 4 is 17.7 Å². The second-order valence-corrected chi connectivity index (χ2v) is 4.21. The van der Waals surface area contributed by atoms with E-state index in [1.807, 2.05) is 24.3 Å². The summed E-state index contributed by atoms with van der Waals surface area (Å²) in [5.41, 5.74) is 1.86. The van der Waals surface area contributed by atoms with Gasteiger partial charge >= 0.3 is 5.97 Å². The molecule has 0 spiro atoms. The zero-order chi connectivity index (χ0) is 13.7. The van der Waals surface area contributed by atoms with Crippen LogP contribution >= 0.6 is 0 Å². The van der Waals surface area contributed by atoms with Gasteiger partial charge in [-0.2, -0.15) is 0 Å². The summed E-state index contributed by atoms with van der Waals surface area (Å²) in [5, 5.41) is 9.45. The molecule has 102 valence electrons. The Kier molecular flexibility index (Phi) is 4.41. The Labute approximate surface area is 112 Å². The molecule has 0 amide bonds. The van der Waals surface area contributed by atoms with Gasteiger partial charge in [-0.25, -0.2) is 4.79 Å². The van der Waals surface area contributed by atoms with Crippen molar-refractivity contribution in [1.82, 2.24) is 0 Å². The van der Waals surface area contributed by atoms with E-state index >= 15 is 0 Å². The van der Waals surface area contributed by atoms with Crippen LogP contribution in [0.5, 0.6) is 0 Å². The van der Waals surface area contributed by atoms with E-state index in [9.17, 15) is 9.90 Å². The van der Waals surface area contributed by atoms with E-state index in [0.29, 0.717) is 0 Å². The van der Waals surface area contributed by atoms with Crippen LogP contribution in [0, 0.1) is 0 Å². The van der Waals surface area contributed by atoms with Crippen molar-refractivity contribution in [3.05, 3.63) is 35.6 Å². The van der Waals surface area contributed by atoms with Crippen LogP contribution in [-0.2, 0) is 14.3 Å². The Bertz CT molecular complexity index is 461. The zero-order valence-corrected chi connectivity index (χ0v) is 10.8. The van der Waals surface area contributed by atoms with Crippen LogP contribution in [0.2, 0.25) is 0 Å². The van der Waals surface area contributed by atoms with Crippen LogP contribution in [0.3, 0.4) is 0 Å². The first-order valence-electron chi connectivity index (χ1n) is 6.12. The number of carbonyl (C=O) groups is 1. The molecule has 0 unspecified atom stereocenters. The lowest BCUT2D eigenvalue weighted by Crippen LogP contribution is -2.36. The van der Waals surface area contributed by atoms with E-state index in [0.717, 1.165) is 37.6 Å². The molecule has 0 saturated carbocycles. The molecule has 0 aliphatic carbocycles. The van der Waals surface area contributed by atoms with Gasteiger partial charge in [-0.1, -0.05) is 12.1 Å². The molecule has 1 aliphatic heterocycles. The van der Waals surface area contributed by atoms with Gasteiger partial charge in [0, 0.05) is 18.8 Å². The molecule has 2 rings (SSSR count). The second-order valence-electron chi connectivity index (χ2n) is 4.21. The summed E-state index contributed by atoms with van der Waals surface area (Å²) in [7, 11) is 1.23. The van der Waals surface area contributed by atoms with Gasteiger partial charge in [0.1, 0.15) is 0 Å². The highest BCUT2D eigenvalue weighted by Gasteiger charge is 2.11. The summed E-state index contributed by atoms with van der Waals surface area (Å²) in [6.45, 7) is 3.24. The summed E-state index contributed by atoms with van der Waals surface area (Å²) >= 11 is 0. The predicted molar refractivity (Wildman–Crippen MR) is 72.1 cm³/mol. The highest BCUT2D eigenvalue weighted by Crippen LogP contribution is 2.17. The highest BCUT2D eigenvalue weighted by molar-refractivity contribution is 5.90. The molecule has 0 atom stereocenters. The first-order valence-corrected chi connectivity index (χ1v) is 6.12. The van der Waals surface area contributed by atoms with Gasteiger partial charge in [-0.05, 0) is 23.8 Å². The number of methoxy groups -OCH3 is 1. The topological polar surface area (TPSA) is 59.0 Å². The average molecular weight is 263 g/mol. The number of rotatable bonds is 3. The molecule has 0 aromatic heterocycles. The minimum atomic E-state index is -0.739. The molecule has 0 radical (unpaired) electrons. The fourth-order valence-electron chi connectivity index (χ4n) is 1.92. The molecule has 1 heterocycles. The summed E-state index contributed by atoms with van der Waals surface area (Å²) in [6.07, 6.45) is 1.38. The highest BCUT2D eigenvalue weighted by atomic mass is 16.5. The summed E-state index contributed by atoms with van der Waals surface area (Å²) < 4.78 is 9.72. The monoisotopic (exact) mass is 263 g/mol. The van der Waals surface area contributed by atoms with Crippen molar-refractivity contribution in [1.29, 1.82) is 0 Å².